The van der Waals surface area contributed by atoms with Crippen LogP contribution in [-0.4, -0.2) is 43.2 Å². The van der Waals surface area contributed by atoms with E-state index >= 15 is 0 Å². The number of methoxy groups -OCH3 is 1. The molecule has 0 spiro atoms. The van der Waals surface area contributed by atoms with Crippen LogP contribution in [0, 0.1) is 11.8 Å². The Kier molecular flexibility index (Phi) is 4.28. The lowest BCUT2D eigenvalue weighted by molar-refractivity contribution is -0.147. The van der Waals surface area contributed by atoms with Gasteiger partial charge in [-0.15, -0.1) is 0 Å². The number of rotatable bonds is 3. The molecule has 4 nitrogen and oxygen atoms in total. The summed E-state index contributed by atoms with van der Waals surface area (Å²) in [6, 6.07) is 0. The maximum absolute atomic E-state index is 11.6. The van der Waals surface area contributed by atoms with Crippen molar-refractivity contribution in [2.24, 2.45) is 17.6 Å². The third-order valence-corrected chi connectivity index (χ3v) is 4.58. The number of fused-ring (bicyclic) bond motifs is 1. The maximum Gasteiger partial charge on any atom is 0.326 e. The molecule has 2 aliphatic rings. The first-order chi connectivity index (χ1) is 8.53. The quantitative estimate of drug-likeness (QED) is 0.773. The molecule has 0 aromatic heterocycles. The molecule has 104 valence electrons. The summed E-state index contributed by atoms with van der Waals surface area (Å²) in [6.45, 7) is 4.56. The number of carbonyl (C=O) groups excluding carboxylic acids is 1. The molecule has 3 atom stereocenters. The molecule has 2 N–H and O–H groups in total. The SMILES string of the molecule is COC(=O)C(C)(N)CN1CCC2CCCCC2C1. The molecule has 1 aliphatic heterocycles. The van der Waals surface area contributed by atoms with Gasteiger partial charge >= 0.3 is 5.97 Å². The van der Waals surface area contributed by atoms with Crippen LogP contribution >= 0.6 is 0 Å². The third kappa shape index (κ3) is 3.04. The normalized spacial score (nSPS) is 32.4. The summed E-state index contributed by atoms with van der Waals surface area (Å²) in [7, 11) is 1.40. The van der Waals surface area contributed by atoms with E-state index in [4.69, 9.17) is 10.5 Å². The second-order valence-corrected chi connectivity index (χ2v) is 6.24. The number of esters is 1. The minimum Gasteiger partial charge on any atom is -0.468 e. The molecule has 0 radical (unpaired) electrons. The van der Waals surface area contributed by atoms with Gasteiger partial charge in [0.25, 0.3) is 0 Å². The average molecular weight is 254 g/mol. The molecule has 1 saturated carbocycles. The van der Waals surface area contributed by atoms with Crippen molar-refractivity contribution in [2.75, 3.05) is 26.7 Å². The largest absolute Gasteiger partial charge is 0.468 e. The predicted octanol–water partition coefficient (Wildman–Crippen LogP) is 1.39. The van der Waals surface area contributed by atoms with Crippen LogP contribution in [0.15, 0.2) is 0 Å². The van der Waals surface area contributed by atoms with Crippen molar-refractivity contribution in [1.29, 1.82) is 0 Å². The Labute approximate surface area is 110 Å². The van der Waals surface area contributed by atoms with E-state index in [2.05, 4.69) is 4.90 Å². The number of hydrogen-bond acceptors (Lipinski definition) is 4. The van der Waals surface area contributed by atoms with Crippen molar-refractivity contribution < 1.29 is 9.53 Å². The number of ether oxygens (including phenoxy) is 1. The van der Waals surface area contributed by atoms with E-state index < -0.39 is 5.54 Å². The lowest BCUT2D eigenvalue weighted by Crippen LogP contribution is -2.56. The first-order valence-corrected chi connectivity index (χ1v) is 7.12. The Balaban J connectivity index is 1.89. The van der Waals surface area contributed by atoms with E-state index in [9.17, 15) is 4.79 Å². The molecule has 3 unspecified atom stereocenters. The van der Waals surface area contributed by atoms with Crippen molar-refractivity contribution >= 4 is 5.97 Å². The van der Waals surface area contributed by atoms with Crippen molar-refractivity contribution in [2.45, 2.75) is 44.6 Å². The van der Waals surface area contributed by atoms with Gasteiger partial charge in [-0.2, -0.15) is 0 Å². The highest BCUT2D eigenvalue weighted by Crippen LogP contribution is 2.36. The summed E-state index contributed by atoms with van der Waals surface area (Å²) in [5.74, 6) is 1.42. The van der Waals surface area contributed by atoms with Crippen LogP contribution in [0.3, 0.4) is 0 Å². The highest BCUT2D eigenvalue weighted by Gasteiger charge is 2.36. The summed E-state index contributed by atoms with van der Waals surface area (Å²) in [4.78, 5) is 14.0. The molecule has 1 saturated heterocycles. The number of carbonyl (C=O) groups is 1. The first kappa shape index (κ1) is 13.8. The molecule has 1 aliphatic carbocycles. The van der Waals surface area contributed by atoms with Gasteiger partial charge in [0.15, 0.2) is 0 Å². The van der Waals surface area contributed by atoms with Crippen molar-refractivity contribution in [3.05, 3.63) is 0 Å². The predicted molar refractivity (Wildman–Crippen MR) is 71.1 cm³/mol. The van der Waals surface area contributed by atoms with Gasteiger partial charge in [-0.25, -0.2) is 0 Å². The molecule has 2 fully saturated rings. The lowest BCUT2D eigenvalue weighted by Gasteiger charge is -2.43. The van der Waals surface area contributed by atoms with Crippen LogP contribution in [0.5, 0.6) is 0 Å². The summed E-state index contributed by atoms with van der Waals surface area (Å²) >= 11 is 0. The number of nitrogens with two attached hydrogens (primary N) is 1. The molecular weight excluding hydrogens is 228 g/mol. The van der Waals surface area contributed by atoms with E-state index in [1.54, 1.807) is 6.92 Å². The fourth-order valence-corrected chi connectivity index (χ4v) is 3.58. The highest BCUT2D eigenvalue weighted by atomic mass is 16.5. The molecule has 0 bridgehead atoms. The maximum atomic E-state index is 11.6. The minimum absolute atomic E-state index is 0.312. The molecule has 18 heavy (non-hydrogen) atoms. The van der Waals surface area contributed by atoms with Crippen LogP contribution in [-0.2, 0) is 9.53 Å². The Bertz CT molecular complexity index is 304. The van der Waals surface area contributed by atoms with Gasteiger partial charge in [-0.3, -0.25) is 4.79 Å². The molecule has 1 heterocycles. The summed E-state index contributed by atoms with van der Waals surface area (Å²) in [5, 5.41) is 0. The minimum atomic E-state index is -0.879. The van der Waals surface area contributed by atoms with Crippen molar-refractivity contribution in [1.82, 2.24) is 4.90 Å². The van der Waals surface area contributed by atoms with Crippen LogP contribution in [0.4, 0.5) is 0 Å². The zero-order chi connectivity index (χ0) is 13.2. The Hall–Kier alpha value is -0.610. The Morgan fingerprint density at radius 2 is 2.00 bits per heavy atom. The molecule has 0 aromatic carbocycles. The number of hydrogen-bond donors (Lipinski definition) is 1. The van der Waals surface area contributed by atoms with Crippen LogP contribution in [0.1, 0.15) is 39.0 Å². The monoisotopic (exact) mass is 254 g/mol. The van der Waals surface area contributed by atoms with Crippen LogP contribution < -0.4 is 5.73 Å². The van der Waals surface area contributed by atoms with Crippen molar-refractivity contribution in [3.8, 4) is 0 Å². The van der Waals surface area contributed by atoms with Gasteiger partial charge in [0.1, 0.15) is 5.54 Å². The van der Waals surface area contributed by atoms with Gasteiger partial charge in [0, 0.05) is 13.1 Å². The third-order valence-electron chi connectivity index (χ3n) is 4.58. The van der Waals surface area contributed by atoms with Crippen molar-refractivity contribution in [3.63, 3.8) is 0 Å². The Morgan fingerprint density at radius 1 is 1.33 bits per heavy atom. The number of likely N-dealkylation sites (tertiary alicyclic amines) is 1. The second-order valence-electron chi connectivity index (χ2n) is 6.24. The molecular formula is C14H26N2O2. The summed E-state index contributed by atoms with van der Waals surface area (Å²) in [5.41, 5.74) is 5.17. The lowest BCUT2D eigenvalue weighted by atomic mass is 9.75. The van der Waals surface area contributed by atoms with Gasteiger partial charge in [0.05, 0.1) is 7.11 Å². The van der Waals surface area contributed by atoms with Crippen LogP contribution in [0.2, 0.25) is 0 Å². The first-order valence-electron chi connectivity index (χ1n) is 7.12. The standard InChI is InChI=1S/C14H26N2O2/c1-14(15,13(17)18-2)10-16-8-7-11-5-3-4-6-12(11)9-16/h11-12H,3-10,15H2,1-2H3. The van der Waals surface area contributed by atoms with E-state index in [-0.39, 0.29) is 5.97 Å². The highest BCUT2D eigenvalue weighted by molar-refractivity contribution is 5.80. The van der Waals surface area contributed by atoms with Gasteiger partial charge in [-0.1, -0.05) is 19.3 Å². The molecule has 4 heteroatoms. The second kappa shape index (κ2) is 5.57. The van der Waals surface area contributed by atoms with Gasteiger partial charge in [0.2, 0.25) is 0 Å². The number of nitrogens with zero attached hydrogens (tertiary/aromatic N) is 1. The number of piperidine rings is 1. The van der Waals surface area contributed by atoms with E-state index in [0.717, 1.165) is 24.9 Å². The molecule has 0 amide bonds. The summed E-state index contributed by atoms with van der Waals surface area (Å²) in [6.07, 6.45) is 6.78. The van der Waals surface area contributed by atoms with E-state index in [0.29, 0.717) is 6.54 Å². The molecule has 0 aromatic rings. The zero-order valence-electron chi connectivity index (χ0n) is 11.7. The van der Waals surface area contributed by atoms with Gasteiger partial charge in [-0.05, 0) is 38.1 Å². The fourth-order valence-electron chi connectivity index (χ4n) is 3.58. The topological polar surface area (TPSA) is 55.6 Å². The Morgan fingerprint density at radius 3 is 2.67 bits per heavy atom. The molecule has 2 rings (SSSR count). The van der Waals surface area contributed by atoms with Crippen LogP contribution in [0.25, 0.3) is 0 Å². The summed E-state index contributed by atoms with van der Waals surface area (Å²) < 4.78 is 4.77. The fraction of sp³-hybridized carbons (Fsp3) is 0.929. The average Bonchev–Trinajstić information content (AvgIpc) is 2.37. The smallest absolute Gasteiger partial charge is 0.326 e. The zero-order valence-corrected chi connectivity index (χ0v) is 11.7. The van der Waals surface area contributed by atoms with E-state index in [1.165, 1.54) is 39.2 Å². The van der Waals surface area contributed by atoms with E-state index in [1.807, 2.05) is 0 Å². The van der Waals surface area contributed by atoms with Gasteiger partial charge < -0.3 is 15.4 Å².